The van der Waals surface area contributed by atoms with Crippen LogP contribution in [0.1, 0.15) is 38.7 Å². The van der Waals surface area contributed by atoms with E-state index in [1.54, 1.807) is 0 Å². The van der Waals surface area contributed by atoms with Crippen LogP contribution in [0.4, 0.5) is 0 Å². The number of guanidine groups is 1. The number of rotatable bonds is 7. The van der Waals surface area contributed by atoms with Crippen LogP contribution in [0.3, 0.4) is 0 Å². The maximum atomic E-state index is 4.90. The molecule has 1 aromatic carbocycles. The molecule has 5 heteroatoms. The molecule has 1 unspecified atom stereocenters. The third kappa shape index (κ3) is 5.58. The van der Waals surface area contributed by atoms with Crippen molar-refractivity contribution in [1.29, 1.82) is 0 Å². The van der Waals surface area contributed by atoms with Crippen LogP contribution in [-0.4, -0.2) is 50.1 Å². The largest absolute Gasteiger partial charge is 0.357 e. The first-order valence-electron chi connectivity index (χ1n) is 9.56. The van der Waals surface area contributed by atoms with Gasteiger partial charge in [-0.1, -0.05) is 37.3 Å². The molecule has 1 aliphatic heterocycles. The summed E-state index contributed by atoms with van der Waals surface area (Å²) in [4.78, 5) is 7.44. The van der Waals surface area contributed by atoms with Crippen LogP contribution in [0.25, 0.3) is 0 Å². The summed E-state index contributed by atoms with van der Waals surface area (Å²) >= 11 is 0. The number of nitrogens with one attached hydrogen (secondary N) is 2. The summed E-state index contributed by atoms with van der Waals surface area (Å²) in [6.07, 6.45) is 3.82. The molecule has 1 heterocycles. The Labute approximate surface area is 169 Å². The molecular formula is C20H33IN4. The van der Waals surface area contributed by atoms with E-state index in [2.05, 4.69) is 59.7 Å². The lowest BCUT2D eigenvalue weighted by Gasteiger charge is -2.18. The van der Waals surface area contributed by atoms with E-state index >= 15 is 0 Å². The highest BCUT2D eigenvalue weighted by Crippen LogP contribution is 2.48. The molecule has 2 fully saturated rings. The summed E-state index contributed by atoms with van der Waals surface area (Å²) in [5, 5.41) is 6.98. The molecule has 140 valence electrons. The van der Waals surface area contributed by atoms with Gasteiger partial charge in [0.2, 0.25) is 0 Å². The quantitative estimate of drug-likeness (QED) is 0.376. The molecular weight excluding hydrogens is 423 g/mol. The smallest absolute Gasteiger partial charge is 0.191 e. The van der Waals surface area contributed by atoms with E-state index in [1.807, 2.05) is 0 Å². The van der Waals surface area contributed by atoms with Gasteiger partial charge in [0.1, 0.15) is 0 Å². The highest BCUT2D eigenvalue weighted by atomic mass is 127. The third-order valence-electron chi connectivity index (χ3n) is 5.50. The van der Waals surface area contributed by atoms with Crippen molar-refractivity contribution in [2.75, 3.05) is 39.3 Å². The minimum atomic E-state index is 0. The second-order valence-corrected chi connectivity index (χ2v) is 7.27. The van der Waals surface area contributed by atoms with Crippen LogP contribution in [0.5, 0.6) is 0 Å². The molecule has 2 N–H and O–H groups in total. The van der Waals surface area contributed by atoms with Gasteiger partial charge in [-0.15, -0.1) is 24.0 Å². The molecule has 1 atom stereocenters. The highest BCUT2D eigenvalue weighted by Gasteiger charge is 2.44. The Balaban J connectivity index is 0.00000225. The predicted octanol–water partition coefficient (Wildman–Crippen LogP) is 3.23. The SMILES string of the molecule is CCNC(=NCC1(c2ccccc2)CC1)NCC1CCN(CC)C1.I. The summed E-state index contributed by atoms with van der Waals surface area (Å²) < 4.78 is 0. The molecule has 0 amide bonds. The van der Waals surface area contributed by atoms with Gasteiger partial charge >= 0.3 is 0 Å². The maximum absolute atomic E-state index is 4.90. The zero-order valence-electron chi connectivity index (χ0n) is 15.6. The minimum absolute atomic E-state index is 0. The molecule has 3 rings (SSSR count). The summed E-state index contributed by atoms with van der Waals surface area (Å²) in [6, 6.07) is 10.9. The molecule has 1 saturated heterocycles. The molecule has 0 radical (unpaired) electrons. The number of aliphatic imine (C=N–C) groups is 1. The van der Waals surface area contributed by atoms with E-state index < -0.39 is 0 Å². The summed E-state index contributed by atoms with van der Waals surface area (Å²) in [7, 11) is 0. The van der Waals surface area contributed by atoms with E-state index in [-0.39, 0.29) is 29.4 Å². The number of nitrogens with zero attached hydrogens (tertiary/aromatic N) is 2. The standard InChI is InChI=1S/C20H32N4.HI/c1-3-21-19(22-14-17-10-13-24(4-2)15-17)23-16-20(11-12-20)18-8-6-5-7-9-18;/h5-9,17H,3-4,10-16H2,1-2H3,(H2,21,22,23);1H. The number of hydrogen-bond donors (Lipinski definition) is 2. The summed E-state index contributed by atoms with van der Waals surface area (Å²) in [5.74, 6) is 1.73. The Kier molecular flexibility index (Phi) is 8.00. The van der Waals surface area contributed by atoms with Crippen LogP contribution in [-0.2, 0) is 5.41 Å². The molecule has 25 heavy (non-hydrogen) atoms. The van der Waals surface area contributed by atoms with Crippen LogP contribution in [0.2, 0.25) is 0 Å². The van der Waals surface area contributed by atoms with E-state index in [1.165, 1.54) is 44.5 Å². The van der Waals surface area contributed by atoms with Gasteiger partial charge in [-0.25, -0.2) is 0 Å². The molecule has 1 aliphatic carbocycles. The molecule has 1 aromatic rings. The molecule has 0 spiro atoms. The second-order valence-electron chi connectivity index (χ2n) is 7.27. The topological polar surface area (TPSA) is 39.7 Å². The van der Waals surface area contributed by atoms with Crippen molar-refractivity contribution in [3.8, 4) is 0 Å². The molecule has 2 aliphatic rings. The van der Waals surface area contributed by atoms with Crippen molar-refractivity contribution in [2.45, 2.75) is 38.5 Å². The lowest BCUT2D eigenvalue weighted by atomic mass is 9.96. The second kappa shape index (κ2) is 9.76. The van der Waals surface area contributed by atoms with Crippen molar-refractivity contribution >= 4 is 29.9 Å². The summed E-state index contributed by atoms with van der Waals surface area (Å²) in [5.41, 5.74) is 1.73. The van der Waals surface area contributed by atoms with Gasteiger partial charge in [0, 0.05) is 25.0 Å². The number of benzene rings is 1. The lowest BCUT2D eigenvalue weighted by Crippen LogP contribution is -2.40. The van der Waals surface area contributed by atoms with Crippen molar-refractivity contribution in [3.63, 3.8) is 0 Å². The monoisotopic (exact) mass is 456 g/mol. The first kappa shape index (κ1) is 20.5. The Bertz CT molecular complexity index is 542. The van der Waals surface area contributed by atoms with E-state index in [0.29, 0.717) is 0 Å². The fourth-order valence-corrected chi connectivity index (χ4v) is 3.66. The Hall–Kier alpha value is -0.820. The van der Waals surface area contributed by atoms with Crippen LogP contribution < -0.4 is 10.6 Å². The molecule has 1 saturated carbocycles. The van der Waals surface area contributed by atoms with E-state index in [4.69, 9.17) is 4.99 Å². The van der Waals surface area contributed by atoms with Gasteiger partial charge in [0.25, 0.3) is 0 Å². The van der Waals surface area contributed by atoms with Crippen molar-refractivity contribution in [2.24, 2.45) is 10.9 Å². The molecule has 0 aromatic heterocycles. The Morgan fingerprint density at radius 2 is 1.96 bits per heavy atom. The zero-order chi connectivity index (χ0) is 16.8. The Morgan fingerprint density at radius 1 is 1.20 bits per heavy atom. The fraction of sp³-hybridized carbons (Fsp3) is 0.650. The average Bonchev–Trinajstić information content (AvgIpc) is 3.28. The Morgan fingerprint density at radius 3 is 2.56 bits per heavy atom. The predicted molar refractivity (Wildman–Crippen MR) is 117 cm³/mol. The van der Waals surface area contributed by atoms with Gasteiger partial charge in [-0.3, -0.25) is 4.99 Å². The van der Waals surface area contributed by atoms with E-state index in [9.17, 15) is 0 Å². The van der Waals surface area contributed by atoms with Gasteiger partial charge in [-0.2, -0.15) is 0 Å². The van der Waals surface area contributed by atoms with Gasteiger partial charge in [0.05, 0.1) is 6.54 Å². The summed E-state index contributed by atoms with van der Waals surface area (Å²) in [6.45, 7) is 10.8. The lowest BCUT2D eigenvalue weighted by molar-refractivity contribution is 0.342. The first-order valence-corrected chi connectivity index (χ1v) is 9.56. The fourth-order valence-electron chi connectivity index (χ4n) is 3.66. The van der Waals surface area contributed by atoms with Crippen molar-refractivity contribution in [1.82, 2.24) is 15.5 Å². The van der Waals surface area contributed by atoms with Crippen LogP contribution in [0, 0.1) is 5.92 Å². The van der Waals surface area contributed by atoms with E-state index in [0.717, 1.165) is 31.5 Å². The third-order valence-corrected chi connectivity index (χ3v) is 5.50. The van der Waals surface area contributed by atoms with Gasteiger partial charge in [0.15, 0.2) is 5.96 Å². The zero-order valence-corrected chi connectivity index (χ0v) is 18.0. The number of halogens is 1. The van der Waals surface area contributed by atoms with Crippen LogP contribution in [0.15, 0.2) is 35.3 Å². The number of likely N-dealkylation sites (tertiary alicyclic amines) is 1. The maximum Gasteiger partial charge on any atom is 0.191 e. The average molecular weight is 456 g/mol. The van der Waals surface area contributed by atoms with Crippen LogP contribution >= 0.6 is 24.0 Å². The number of hydrogen-bond acceptors (Lipinski definition) is 2. The van der Waals surface area contributed by atoms with Crippen molar-refractivity contribution < 1.29 is 0 Å². The first-order chi connectivity index (χ1) is 11.8. The normalized spacial score (nSPS) is 22.3. The van der Waals surface area contributed by atoms with Crippen molar-refractivity contribution in [3.05, 3.63) is 35.9 Å². The van der Waals surface area contributed by atoms with Gasteiger partial charge in [-0.05, 0) is 50.8 Å². The molecule has 4 nitrogen and oxygen atoms in total. The highest BCUT2D eigenvalue weighted by molar-refractivity contribution is 14.0. The molecule has 0 bridgehead atoms. The minimum Gasteiger partial charge on any atom is -0.357 e. The van der Waals surface area contributed by atoms with Gasteiger partial charge < -0.3 is 15.5 Å².